The summed E-state index contributed by atoms with van der Waals surface area (Å²) < 4.78 is 10.8. The Kier molecular flexibility index (Phi) is 7.20. The molecule has 1 fully saturated rings. The van der Waals surface area contributed by atoms with Crippen molar-refractivity contribution in [3.05, 3.63) is 64.7 Å². The molecule has 2 aromatic carbocycles. The van der Waals surface area contributed by atoms with Gasteiger partial charge in [-0.1, -0.05) is 12.1 Å². The number of carbonyl (C=O) groups excluding carboxylic acids is 2. The Labute approximate surface area is 188 Å². The van der Waals surface area contributed by atoms with E-state index in [0.29, 0.717) is 36.8 Å². The van der Waals surface area contributed by atoms with Crippen LogP contribution >= 0.6 is 0 Å². The first kappa shape index (κ1) is 23.3. The van der Waals surface area contributed by atoms with Gasteiger partial charge in [0, 0.05) is 18.7 Å². The Hall–Kier alpha value is -3.32. The summed E-state index contributed by atoms with van der Waals surface area (Å²) in [5.74, 6) is -0.114. The van der Waals surface area contributed by atoms with Crippen LogP contribution in [0.4, 0.5) is 0 Å². The molecule has 1 atom stereocenters. The summed E-state index contributed by atoms with van der Waals surface area (Å²) in [5, 5.41) is 11.2. The van der Waals surface area contributed by atoms with Crippen LogP contribution in [0.15, 0.2) is 48.0 Å². The third-order valence-corrected chi connectivity index (χ3v) is 5.51. The molecule has 7 nitrogen and oxygen atoms in total. The molecule has 0 bridgehead atoms. The van der Waals surface area contributed by atoms with Crippen molar-refractivity contribution in [2.45, 2.75) is 19.9 Å². The second-order valence-electron chi connectivity index (χ2n) is 7.98. The number of rotatable bonds is 8. The van der Waals surface area contributed by atoms with Gasteiger partial charge in [0.15, 0.2) is 0 Å². The van der Waals surface area contributed by atoms with E-state index < -0.39 is 17.7 Å². The molecular formula is C25H30N2O5. The number of aliphatic hydroxyl groups is 1. The molecule has 170 valence electrons. The molecule has 0 radical (unpaired) electrons. The van der Waals surface area contributed by atoms with Crippen LogP contribution in [-0.2, 0) is 9.59 Å². The number of ketones is 1. The first-order valence-electron chi connectivity index (χ1n) is 10.6. The molecule has 1 aliphatic rings. The van der Waals surface area contributed by atoms with Crippen molar-refractivity contribution in [2.75, 3.05) is 40.9 Å². The highest BCUT2D eigenvalue weighted by molar-refractivity contribution is 6.46. The number of aliphatic hydroxyl groups excluding tert-OH is 1. The van der Waals surface area contributed by atoms with E-state index in [4.69, 9.17) is 9.47 Å². The maximum absolute atomic E-state index is 13.1. The molecule has 1 aliphatic heterocycles. The van der Waals surface area contributed by atoms with E-state index in [9.17, 15) is 14.7 Å². The van der Waals surface area contributed by atoms with Gasteiger partial charge in [-0.3, -0.25) is 9.59 Å². The van der Waals surface area contributed by atoms with Crippen LogP contribution in [-0.4, -0.2) is 67.5 Å². The molecule has 0 aromatic heterocycles. The summed E-state index contributed by atoms with van der Waals surface area (Å²) in [6.45, 7) is 5.24. The zero-order valence-corrected chi connectivity index (χ0v) is 19.2. The minimum atomic E-state index is -0.687. The number of amides is 1. The highest BCUT2D eigenvalue weighted by Crippen LogP contribution is 2.40. The third kappa shape index (κ3) is 4.62. The molecule has 0 unspecified atom stereocenters. The summed E-state index contributed by atoms with van der Waals surface area (Å²) in [6.07, 6.45) is 0. The SMILES string of the molecule is CCOc1ccc(C(O)=C2C(=O)C(=O)N(CCN(C)C)[C@@H]2c2ccc(OC)cc2)cc1C. The number of hydrogen-bond donors (Lipinski definition) is 1. The van der Waals surface area contributed by atoms with Crippen molar-refractivity contribution in [3.63, 3.8) is 0 Å². The van der Waals surface area contributed by atoms with E-state index in [1.165, 1.54) is 4.90 Å². The van der Waals surface area contributed by atoms with Gasteiger partial charge in [-0.2, -0.15) is 0 Å². The van der Waals surface area contributed by atoms with Crippen molar-refractivity contribution in [1.82, 2.24) is 9.80 Å². The van der Waals surface area contributed by atoms with Crippen molar-refractivity contribution < 1.29 is 24.2 Å². The quantitative estimate of drug-likeness (QED) is 0.387. The second kappa shape index (κ2) is 9.87. The first-order valence-corrected chi connectivity index (χ1v) is 10.6. The Bertz CT molecular complexity index is 1030. The molecule has 1 heterocycles. The normalized spacial score (nSPS) is 17.8. The van der Waals surface area contributed by atoms with E-state index in [-0.39, 0.29) is 11.3 Å². The predicted octanol–water partition coefficient (Wildman–Crippen LogP) is 3.39. The number of Topliss-reactive ketones (excluding diaryl/α,β-unsaturated/α-hetero) is 1. The zero-order chi connectivity index (χ0) is 23.4. The van der Waals surface area contributed by atoms with Crippen LogP contribution in [0.5, 0.6) is 11.5 Å². The zero-order valence-electron chi connectivity index (χ0n) is 19.2. The van der Waals surface area contributed by atoms with E-state index in [2.05, 4.69) is 0 Å². The first-order chi connectivity index (χ1) is 15.3. The fourth-order valence-electron chi connectivity index (χ4n) is 3.82. The lowest BCUT2D eigenvalue weighted by Gasteiger charge is -2.26. The number of nitrogens with zero attached hydrogens (tertiary/aromatic N) is 2. The van der Waals surface area contributed by atoms with Gasteiger partial charge in [0.2, 0.25) is 0 Å². The number of likely N-dealkylation sites (N-methyl/N-ethyl adjacent to an activating group) is 1. The van der Waals surface area contributed by atoms with Crippen molar-refractivity contribution in [3.8, 4) is 11.5 Å². The molecule has 32 heavy (non-hydrogen) atoms. The number of hydrogen-bond acceptors (Lipinski definition) is 6. The number of aryl methyl sites for hydroxylation is 1. The molecule has 1 N–H and O–H groups in total. The molecule has 2 aromatic rings. The Morgan fingerprint density at radius 2 is 1.81 bits per heavy atom. The number of methoxy groups -OCH3 is 1. The van der Waals surface area contributed by atoms with Gasteiger partial charge >= 0.3 is 0 Å². The van der Waals surface area contributed by atoms with Crippen LogP contribution in [0.2, 0.25) is 0 Å². The highest BCUT2D eigenvalue weighted by Gasteiger charge is 2.45. The summed E-state index contributed by atoms with van der Waals surface area (Å²) in [7, 11) is 5.38. The van der Waals surface area contributed by atoms with Crippen LogP contribution in [0.25, 0.3) is 5.76 Å². The van der Waals surface area contributed by atoms with Crippen LogP contribution in [0.1, 0.15) is 29.7 Å². The summed E-state index contributed by atoms with van der Waals surface area (Å²) >= 11 is 0. The Morgan fingerprint density at radius 1 is 1.12 bits per heavy atom. The molecule has 1 saturated heterocycles. The van der Waals surface area contributed by atoms with Crippen LogP contribution in [0.3, 0.4) is 0 Å². The van der Waals surface area contributed by atoms with E-state index >= 15 is 0 Å². The molecule has 0 spiro atoms. The van der Waals surface area contributed by atoms with Crippen molar-refractivity contribution in [2.24, 2.45) is 0 Å². The number of likely N-dealkylation sites (tertiary alicyclic amines) is 1. The third-order valence-electron chi connectivity index (χ3n) is 5.51. The molecule has 0 saturated carbocycles. The largest absolute Gasteiger partial charge is 0.507 e. The average Bonchev–Trinajstić information content (AvgIpc) is 3.03. The lowest BCUT2D eigenvalue weighted by atomic mass is 9.94. The minimum Gasteiger partial charge on any atom is -0.507 e. The summed E-state index contributed by atoms with van der Waals surface area (Å²) in [6, 6.07) is 11.7. The second-order valence-corrected chi connectivity index (χ2v) is 7.98. The maximum atomic E-state index is 13.1. The highest BCUT2D eigenvalue weighted by atomic mass is 16.5. The molecule has 0 aliphatic carbocycles. The lowest BCUT2D eigenvalue weighted by molar-refractivity contribution is -0.140. The molecular weight excluding hydrogens is 408 g/mol. The topological polar surface area (TPSA) is 79.3 Å². The van der Waals surface area contributed by atoms with Crippen molar-refractivity contribution in [1.29, 1.82) is 0 Å². The van der Waals surface area contributed by atoms with Gasteiger partial charge in [0.1, 0.15) is 17.3 Å². The van der Waals surface area contributed by atoms with Gasteiger partial charge in [-0.05, 0) is 69.4 Å². The smallest absolute Gasteiger partial charge is 0.295 e. The minimum absolute atomic E-state index is 0.0856. The molecule has 1 amide bonds. The van der Waals surface area contributed by atoms with E-state index in [0.717, 1.165) is 11.1 Å². The van der Waals surface area contributed by atoms with Gasteiger partial charge in [0.25, 0.3) is 11.7 Å². The number of carbonyl (C=O) groups is 2. The standard InChI is InChI=1S/C25H30N2O5/c1-6-32-20-12-9-18(15-16(20)2)23(28)21-22(17-7-10-19(31-5)11-8-17)27(14-13-26(3)4)25(30)24(21)29/h7-12,15,22,28H,6,13-14H2,1-5H3/t22-/m1/s1. The van der Waals surface area contributed by atoms with Gasteiger partial charge < -0.3 is 24.4 Å². The van der Waals surface area contributed by atoms with Crippen molar-refractivity contribution >= 4 is 17.4 Å². The van der Waals surface area contributed by atoms with Crippen LogP contribution in [0, 0.1) is 6.92 Å². The molecule has 7 heteroatoms. The number of benzene rings is 2. The fraction of sp³-hybridized carbons (Fsp3) is 0.360. The van der Waals surface area contributed by atoms with Gasteiger partial charge in [-0.25, -0.2) is 0 Å². The molecule has 3 rings (SSSR count). The van der Waals surface area contributed by atoms with Gasteiger partial charge in [0.05, 0.1) is 25.3 Å². The average molecular weight is 439 g/mol. The number of ether oxygens (including phenoxy) is 2. The Balaban J connectivity index is 2.12. The predicted molar refractivity (Wildman–Crippen MR) is 123 cm³/mol. The summed E-state index contributed by atoms with van der Waals surface area (Å²) in [4.78, 5) is 29.5. The maximum Gasteiger partial charge on any atom is 0.295 e. The lowest BCUT2D eigenvalue weighted by Crippen LogP contribution is -2.35. The summed E-state index contributed by atoms with van der Waals surface area (Å²) in [5.41, 5.74) is 2.12. The fourth-order valence-corrected chi connectivity index (χ4v) is 3.82. The monoisotopic (exact) mass is 438 g/mol. The van der Waals surface area contributed by atoms with E-state index in [1.807, 2.05) is 45.0 Å². The van der Waals surface area contributed by atoms with Gasteiger partial charge in [-0.15, -0.1) is 0 Å². The Morgan fingerprint density at radius 3 is 2.38 bits per heavy atom. The van der Waals surface area contributed by atoms with E-state index in [1.54, 1.807) is 37.4 Å². The van der Waals surface area contributed by atoms with Crippen LogP contribution < -0.4 is 9.47 Å².